The molecule has 1 aliphatic heterocycles. The van der Waals surface area contributed by atoms with Gasteiger partial charge in [-0.05, 0) is 49.7 Å². The number of sulfone groups is 1. The number of carbonyl (C=O) groups is 1. The van der Waals surface area contributed by atoms with Crippen LogP contribution < -0.4 is 0 Å². The van der Waals surface area contributed by atoms with Crippen LogP contribution >= 0.6 is 0 Å². The Hall–Kier alpha value is -1.72. The van der Waals surface area contributed by atoms with Crippen LogP contribution in [0.15, 0.2) is 5.16 Å². The minimum absolute atomic E-state index is 0.168. The lowest BCUT2D eigenvalue weighted by Gasteiger charge is -2.44. The number of nitrogens with zero attached hydrogens (tertiary/aromatic N) is 4. The summed E-state index contributed by atoms with van der Waals surface area (Å²) in [4.78, 5) is 15.0. The molecule has 1 fully saturated rings. The van der Waals surface area contributed by atoms with Crippen LogP contribution in [0.3, 0.4) is 0 Å². The average molecular weight is 541 g/mol. The van der Waals surface area contributed by atoms with Gasteiger partial charge in [0.1, 0.15) is 11.4 Å². The van der Waals surface area contributed by atoms with Crippen molar-refractivity contribution in [1.82, 2.24) is 14.7 Å². The highest BCUT2D eigenvalue weighted by Crippen LogP contribution is 2.50. The van der Waals surface area contributed by atoms with Gasteiger partial charge in [0.15, 0.2) is 18.2 Å². The Kier molecular flexibility index (Phi) is 7.90. The largest absolute Gasteiger partial charge is 0.414 e. The molecule has 0 spiro atoms. The van der Waals surface area contributed by atoms with E-state index in [1.54, 1.807) is 25.8 Å². The molecule has 9 nitrogen and oxygen atoms in total. The van der Waals surface area contributed by atoms with E-state index in [0.717, 1.165) is 5.56 Å². The molecule has 3 rings (SSSR count). The van der Waals surface area contributed by atoms with E-state index < -0.39 is 27.6 Å². The molecule has 36 heavy (non-hydrogen) atoms. The summed E-state index contributed by atoms with van der Waals surface area (Å²) in [5.74, 6) is -0.231. The van der Waals surface area contributed by atoms with Crippen molar-refractivity contribution < 1.29 is 22.8 Å². The minimum Gasteiger partial charge on any atom is -0.414 e. The first-order valence-electron chi connectivity index (χ1n) is 13.0. The second-order valence-corrected chi connectivity index (χ2v) is 20.5. The summed E-state index contributed by atoms with van der Waals surface area (Å²) in [6.07, 6.45) is 2.85. The predicted octanol–water partition coefficient (Wildman–Crippen LogP) is 4.14. The van der Waals surface area contributed by atoms with Crippen molar-refractivity contribution in [3.05, 3.63) is 17.0 Å². The first kappa shape index (κ1) is 28.8. The molecule has 0 saturated heterocycles. The molecule has 1 aliphatic carbocycles. The smallest absolute Gasteiger partial charge is 0.272 e. The number of aryl methyl sites for hydroxylation is 1. The van der Waals surface area contributed by atoms with Gasteiger partial charge in [-0.25, -0.2) is 8.42 Å². The summed E-state index contributed by atoms with van der Waals surface area (Å²) in [5.41, 5.74) is 2.72. The van der Waals surface area contributed by atoms with E-state index in [9.17, 15) is 13.2 Å². The summed E-state index contributed by atoms with van der Waals surface area (Å²) >= 11 is 0. The zero-order chi connectivity index (χ0) is 27.3. The third-order valence-electron chi connectivity index (χ3n) is 8.44. The Bertz CT molecular complexity index is 1100. The van der Waals surface area contributed by atoms with Gasteiger partial charge in [-0.2, -0.15) is 5.10 Å². The van der Waals surface area contributed by atoms with Gasteiger partial charge in [-0.3, -0.25) is 9.48 Å². The molecule has 0 aromatic carbocycles. The molecule has 2 heterocycles. The summed E-state index contributed by atoms with van der Waals surface area (Å²) in [6, 6.07) is 0. The second kappa shape index (κ2) is 9.87. The molecule has 0 atom stereocenters. The van der Waals surface area contributed by atoms with Gasteiger partial charge >= 0.3 is 0 Å². The lowest BCUT2D eigenvalue weighted by molar-refractivity contribution is 0.0724. The van der Waals surface area contributed by atoms with Crippen LogP contribution in [0.2, 0.25) is 16.6 Å². The zero-order valence-electron chi connectivity index (χ0n) is 23.3. The fourth-order valence-corrected chi connectivity index (χ4v) is 14.4. The molecule has 1 saturated carbocycles. The molecule has 1 aromatic rings. The van der Waals surface area contributed by atoms with E-state index >= 15 is 0 Å². The number of rotatable bonds is 11. The molecule has 11 heteroatoms. The standard InChI is InChI=1S/C25H44N4O5SSi/c1-17(2)36(18(3)4,19(5)6)34-16-24(7,8)35(32,33)25(11-12-25)15-29-13-10-20-21(14-26-31)27-28(9)22(20)23(29)30/h14,17-19,31H,10-13,15-16H2,1-9H3. The van der Waals surface area contributed by atoms with Gasteiger partial charge in [-0.15, -0.1) is 0 Å². The number of aromatic nitrogens is 2. The summed E-state index contributed by atoms with van der Waals surface area (Å²) in [7, 11) is -4.17. The van der Waals surface area contributed by atoms with Crippen LogP contribution in [0, 0.1) is 0 Å². The third-order valence-corrected chi connectivity index (χ3v) is 17.7. The highest BCUT2D eigenvalue weighted by molar-refractivity contribution is 7.94. The monoisotopic (exact) mass is 540 g/mol. The number of amides is 1. The molecule has 1 aromatic heterocycles. The van der Waals surface area contributed by atoms with Crippen LogP contribution in [0.25, 0.3) is 0 Å². The minimum atomic E-state index is -3.61. The number of fused-ring (bicyclic) bond motifs is 1. The van der Waals surface area contributed by atoms with Crippen LogP contribution in [0.1, 0.15) is 90.0 Å². The first-order valence-corrected chi connectivity index (χ1v) is 16.6. The second-order valence-electron chi connectivity index (χ2n) is 12.1. The van der Waals surface area contributed by atoms with E-state index in [4.69, 9.17) is 9.63 Å². The molecular formula is C25H44N4O5SSi. The summed E-state index contributed by atoms with van der Waals surface area (Å²) in [6.45, 7) is 17.5. The molecular weight excluding hydrogens is 496 g/mol. The van der Waals surface area contributed by atoms with Crippen molar-refractivity contribution >= 4 is 30.3 Å². The van der Waals surface area contributed by atoms with E-state index in [1.165, 1.54) is 10.9 Å². The normalized spacial score (nSPS) is 18.7. The van der Waals surface area contributed by atoms with Gasteiger partial charge in [0.2, 0.25) is 0 Å². The van der Waals surface area contributed by atoms with Crippen LogP contribution in [-0.4, -0.2) is 77.9 Å². The quantitative estimate of drug-likeness (QED) is 0.195. The van der Waals surface area contributed by atoms with Gasteiger partial charge in [0, 0.05) is 25.7 Å². The van der Waals surface area contributed by atoms with Crippen molar-refractivity contribution in [2.45, 2.75) is 101 Å². The van der Waals surface area contributed by atoms with E-state index in [0.29, 0.717) is 53.8 Å². The fraction of sp³-hybridized carbons (Fsp3) is 0.800. The van der Waals surface area contributed by atoms with E-state index in [1.807, 2.05) is 0 Å². The van der Waals surface area contributed by atoms with Crippen LogP contribution in [0.4, 0.5) is 0 Å². The summed E-state index contributed by atoms with van der Waals surface area (Å²) < 4.78 is 34.4. The Morgan fingerprint density at radius 3 is 2.19 bits per heavy atom. The molecule has 204 valence electrons. The molecule has 0 bridgehead atoms. The Balaban J connectivity index is 1.83. The van der Waals surface area contributed by atoms with Crippen molar-refractivity contribution in [2.75, 3.05) is 19.7 Å². The predicted molar refractivity (Wildman–Crippen MR) is 144 cm³/mol. The third kappa shape index (κ3) is 4.55. The Morgan fingerprint density at radius 2 is 1.72 bits per heavy atom. The van der Waals surface area contributed by atoms with Gasteiger partial charge in [0.05, 0.1) is 22.3 Å². The molecule has 1 N–H and O–H groups in total. The van der Waals surface area contributed by atoms with Gasteiger partial charge in [-0.1, -0.05) is 46.7 Å². The Labute approximate surface area is 217 Å². The maximum Gasteiger partial charge on any atom is 0.272 e. The first-order chi connectivity index (χ1) is 16.6. The van der Waals surface area contributed by atoms with Gasteiger partial charge < -0.3 is 14.5 Å². The lowest BCUT2D eigenvalue weighted by Crippen LogP contribution is -2.55. The van der Waals surface area contributed by atoms with E-state index in [2.05, 4.69) is 51.8 Å². The summed E-state index contributed by atoms with van der Waals surface area (Å²) in [5, 5.41) is 16.2. The van der Waals surface area contributed by atoms with Crippen LogP contribution in [0.5, 0.6) is 0 Å². The topological polar surface area (TPSA) is 114 Å². The molecule has 2 aliphatic rings. The number of oxime groups is 1. The van der Waals surface area contributed by atoms with E-state index in [-0.39, 0.29) is 19.1 Å². The average Bonchev–Trinajstić information content (AvgIpc) is 3.48. The van der Waals surface area contributed by atoms with Crippen LogP contribution in [-0.2, 0) is 27.7 Å². The highest BCUT2D eigenvalue weighted by atomic mass is 32.2. The highest BCUT2D eigenvalue weighted by Gasteiger charge is 2.61. The molecule has 0 radical (unpaired) electrons. The zero-order valence-corrected chi connectivity index (χ0v) is 25.1. The van der Waals surface area contributed by atoms with Crippen molar-refractivity contribution in [2.24, 2.45) is 12.2 Å². The maximum absolute atomic E-state index is 14.1. The molecule has 1 amide bonds. The number of carbonyl (C=O) groups excluding carboxylic acids is 1. The maximum atomic E-state index is 14.1. The van der Waals surface area contributed by atoms with Gasteiger partial charge in [0.25, 0.3) is 5.91 Å². The molecule has 0 unspecified atom stereocenters. The van der Waals surface area contributed by atoms with Crippen molar-refractivity contribution in [3.63, 3.8) is 0 Å². The number of hydrogen-bond acceptors (Lipinski definition) is 7. The Morgan fingerprint density at radius 1 is 1.17 bits per heavy atom. The van der Waals surface area contributed by atoms with Crippen molar-refractivity contribution in [1.29, 1.82) is 0 Å². The SMILES string of the molecule is CC(C)[Si](OCC(C)(C)S(=O)(=O)C1(CN2CCc3c(C=NO)nn(C)c3C2=O)CC1)(C(C)C)C(C)C. The number of hydrogen-bond donors (Lipinski definition) is 1. The lowest BCUT2D eigenvalue weighted by atomic mass is 10.0. The fourth-order valence-electron chi connectivity index (χ4n) is 6.37. The van der Waals surface area contributed by atoms with Crippen molar-refractivity contribution in [3.8, 4) is 0 Å².